The van der Waals surface area contributed by atoms with Crippen LogP contribution >= 0.6 is 0 Å². The van der Waals surface area contributed by atoms with Crippen LogP contribution in [0, 0.1) is 0 Å². The van der Waals surface area contributed by atoms with E-state index in [4.69, 9.17) is 24.7 Å². The van der Waals surface area contributed by atoms with Crippen LogP contribution in [0.3, 0.4) is 0 Å². The fourth-order valence-corrected chi connectivity index (χ4v) is 3.69. The molecule has 2 aliphatic heterocycles. The van der Waals surface area contributed by atoms with E-state index in [9.17, 15) is 5.11 Å². The van der Waals surface area contributed by atoms with E-state index in [1.54, 1.807) is 6.33 Å². The fraction of sp³-hybridized carbons (Fsp3) is 0.421. The van der Waals surface area contributed by atoms with E-state index < -0.39 is 5.66 Å². The molecule has 1 aromatic carbocycles. The van der Waals surface area contributed by atoms with Gasteiger partial charge in [0.05, 0.1) is 36.9 Å². The summed E-state index contributed by atoms with van der Waals surface area (Å²) in [5, 5.41) is 11.1. The van der Waals surface area contributed by atoms with Crippen LogP contribution < -0.4 is 15.6 Å². The molecule has 9 nitrogen and oxygen atoms in total. The van der Waals surface area contributed by atoms with Gasteiger partial charge in [0.25, 0.3) is 0 Å². The number of para-hydroxylation sites is 2. The van der Waals surface area contributed by atoms with Gasteiger partial charge >= 0.3 is 0 Å². The van der Waals surface area contributed by atoms with Crippen LogP contribution in [-0.4, -0.2) is 57.5 Å². The minimum absolute atomic E-state index is 0.00907. The van der Waals surface area contributed by atoms with Crippen molar-refractivity contribution in [3.05, 3.63) is 47.0 Å². The topological polar surface area (TPSA) is 101 Å². The summed E-state index contributed by atoms with van der Waals surface area (Å²) in [4.78, 5) is 26.0. The minimum Gasteiger partial charge on any atom is -0.395 e. The first-order valence-corrected chi connectivity index (χ1v) is 9.40. The third-order valence-electron chi connectivity index (χ3n) is 5.09. The number of aliphatic hydroxyl groups is 1. The van der Waals surface area contributed by atoms with Gasteiger partial charge in [-0.05, 0) is 19.1 Å². The Morgan fingerprint density at radius 1 is 1.11 bits per heavy atom. The van der Waals surface area contributed by atoms with Gasteiger partial charge in [-0.15, -0.1) is 0 Å². The van der Waals surface area contributed by atoms with Gasteiger partial charge in [0.15, 0.2) is 11.3 Å². The second-order valence-corrected chi connectivity index (χ2v) is 7.04. The molecular formula is C19H21N7O2. The zero-order valence-electron chi connectivity index (χ0n) is 15.6. The molecule has 5 rings (SSSR count). The van der Waals surface area contributed by atoms with Crippen molar-refractivity contribution in [1.29, 1.82) is 0 Å². The molecule has 1 fully saturated rings. The number of aromatic nitrogens is 4. The Morgan fingerprint density at radius 2 is 1.82 bits per heavy atom. The highest BCUT2D eigenvalue weighted by molar-refractivity contribution is 5.76. The van der Waals surface area contributed by atoms with E-state index in [0.29, 0.717) is 42.6 Å². The Labute approximate surface area is 161 Å². The fourth-order valence-electron chi connectivity index (χ4n) is 3.69. The van der Waals surface area contributed by atoms with Gasteiger partial charge < -0.3 is 19.3 Å². The van der Waals surface area contributed by atoms with Crippen LogP contribution in [0.5, 0.6) is 0 Å². The van der Waals surface area contributed by atoms with Crippen LogP contribution in [-0.2, 0) is 16.9 Å². The predicted octanol–water partition coefficient (Wildman–Crippen LogP) is -0.219. The van der Waals surface area contributed by atoms with E-state index >= 15 is 0 Å². The highest BCUT2D eigenvalue weighted by Crippen LogP contribution is 2.32. The van der Waals surface area contributed by atoms with Crippen LogP contribution in [0.2, 0.25) is 0 Å². The summed E-state index contributed by atoms with van der Waals surface area (Å²) in [5.41, 5.74) is 1.15. The first kappa shape index (κ1) is 17.2. The molecule has 4 heterocycles. The Balaban J connectivity index is 1.72. The van der Waals surface area contributed by atoms with Crippen LogP contribution in [0.15, 0.2) is 40.6 Å². The average Bonchev–Trinajstić information content (AvgIpc) is 3.29. The maximum Gasteiger partial charge on any atom is 0.228 e. The molecule has 0 atom stereocenters. The van der Waals surface area contributed by atoms with Crippen LogP contribution in [0.25, 0.3) is 11.2 Å². The number of ether oxygens (including phenoxy) is 1. The number of hydrogen-bond acceptors (Lipinski definition) is 8. The summed E-state index contributed by atoms with van der Waals surface area (Å²) >= 11 is 0. The lowest BCUT2D eigenvalue weighted by atomic mass is 10.1. The molecule has 28 heavy (non-hydrogen) atoms. The molecular weight excluding hydrogens is 358 g/mol. The molecule has 2 aliphatic rings. The third kappa shape index (κ3) is 2.74. The highest BCUT2D eigenvalue weighted by atomic mass is 16.5. The number of imidazole rings is 1. The third-order valence-corrected chi connectivity index (χ3v) is 5.09. The van der Waals surface area contributed by atoms with Gasteiger partial charge in [-0.1, -0.05) is 12.1 Å². The summed E-state index contributed by atoms with van der Waals surface area (Å²) in [6.07, 6.45) is 1.69. The summed E-state index contributed by atoms with van der Waals surface area (Å²) in [7, 11) is 0. The normalized spacial score (nSPS) is 18.0. The Bertz CT molecular complexity index is 1120. The molecule has 0 amide bonds. The Morgan fingerprint density at radius 3 is 2.50 bits per heavy atom. The van der Waals surface area contributed by atoms with E-state index in [1.807, 2.05) is 35.8 Å². The van der Waals surface area contributed by atoms with Crippen molar-refractivity contribution in [2.24, 2.45) is 9.98 Å². The standard InChI is InChI=1S/C19H21N7O2/c1-19(23-13-4-2-3-5-14(13)24-19)16-15-17(26(6-9-27)12-20-15)22-18(21-16)25-7-10-28-11-8-25/h2-5,12,27H,6-11H2,1H3. The summed E-state index contributed by atoms with van der Waals surface area (Å²) in [6.45, 7) is 5.11. The second kappa shape index (κ2) is 6.61. The van der Waals surface area contributed by atoms with Crippen molar-refractivity contribution < 1.29 is 9.84 Å². The van der Waals surface area contributed by atoms with Gasteiger partial charge in [0, 0.05) is 19.6 Å². The molecule has 9 heteroatoms. The molecule has 0 radical (unpaired) electrons. The van der Waals surface area contributed by atoms with Gasteiger partial charge in [-0.3, -0.25) is 0 Å². The van der Waals surface area contributed by atoms with E-state index in [1.165, 1.54) is 0 Å². The van der Waals surface area contributed by atoms with Crippen molar-refractivity contribution in [3.63, 3.8) is 0 Å². The smallest absolute Gasteiger partial charge is 0.228 e. The number of morpholine rings is 1. The van der Waals surface area contributed by atoms with E-state index in [0.717, 1.165) is 23.8 Å². The molecule has 0 bridgehead atoms. The zero-order valence-corrected chi connectivity index (χ0v) is 15.6. The van der Waals surface area contributed by atoms with Gasteiger partial charge in [-0.2, -0.15) is 4.98 Å². The number of anilines is 1. The monoisotopic (exact) mass is 379 g/mol. The van der Waals surface area contributed by atoms with E-state index in [2.05, 4.69) is 9.88 Å². The molecule has 3 aromatic rings. The summed E-state index contributed by atoms with van der Waals surface area (Å²) < 4.78 is 7.31. The molecule has 1 saturated heterocycles. The van der Waals surface area contributed by atoms with Crippen molar-refractivity contribution in [2.75, 3.05) is 37.8 Å². The molecule has 1 N–H and O–H groups in total. The first-order valence-electron chi connectivity index (χ1n) is 9.40. The van der Waals surface area contributed by atoms with Crippen LogP contribution in [0.1, 0.15) is 12.6 Å². The molecule has 0 unspecified atom stereocenters. The van der Waals surface area contributed by atoms with Crippen molar-refractivity contribution in [1.82, 2.24) is 19.5 Å². The Hall–Kier alpha value is -2.91. The molecule has 2 aromatic heterocycles. The second-order valence-electron chi connectivity index (χ2n) is 7.04. The number of hydrogen-bond donors (Lipinski definition) is 1. The van der Waals surface area contributed by atoms with Crippen molar-refractivity contribution in [2.45, 2.75) is 19.1 Å². The SMILES string of the molecule is CC1(c2nc(N3CCOCC3)nc3c2ncn3CCO)N=c2ccccc2=N1. The Kier molecular flexibility index (Phi) is 4.06. The lowest BCUT2D eigenvalue weighted by molar-refractivity contribution is 0.122. The predicted molar refractivity (Wildman–Crippen MR) is 102 cm³/mol. The number of aliphatic hydroxyl groups excluding tert-OH is 1. The number of nitrogens with zero attached hydrogens (tertiary/aromatic N) is 7. The lowest BCUT2D eigenvalue weighted by Crippen LogP contribution is -2.38. The maximum atomic E-state index is 9.41. The first-order chi connectivity index (χ1) is 13.7. The average molecular weight is 379 g/mol. The quantitative estimate of drug-likeness (QED) is 0.673. The number of rotatable bonds is 4. The minimum atomic E-state index is -0.871. The lowest BCUT2D eigenvalue weighted by Gasteiger charge is -2.28. The number of benzene rings is 1. The zero-order chi connectivity index (χ0) is 19.1. The highest BCUT2D eigenvalue weighted by Gasteiger charge is 2.34. The van der Waals surface area contributed by atoms with E-state index in [-0.39, 0.29) is 6.61 Å². The molecule has 144 valence electrons. The largest absolute Gasteiger partial charge is 0.395 e. The van der Waals surface area contributed by atoms with Crippen molar-refractivity contribution >= 4 is 17.1 Å². The molecule has 0 aliphatic carbocycles. The summed E-state index contributed by atoms with van der Waals surface area (Å²) in [6, 6.07) is 7.81. The van der Waals surface area contributed by atoms with Gasteiger partial charge in [0.2, 0.25) is 5.95 Å². The maximum absolute atomic E-state index is 9.41. The van der Waals surface area contributed by atoms with Gasteiger partial charge in [0.1, 0.15) is 11.2 Å². The number of fused-ring (bicyclic) bond motifs is 2. The van der Waals surface area contributed by atoms with Crippen LogP contribution in [0.4, 0.5) is 5.95 Å². The van der Waals surface area contributed by atoms with Crippen molar-refractivity contribution in [3.8, 4) is 0 Å². The summed E-state index contributed by atoms with van der Waals surface area (Å²) in [5.74, 6) is 0.619. The van der Waals surface area contributed by atoms with Gasteiger partial charge in [-0.25, -0.2) is 20.0 Å². The molecule has 0 spiro atoms. The molecule has 0 saturated carbocycles.